The Morgan fingerprint density at radius 1 is 1.38 bits per heavy atom. The summed E-state index contributed by atoms with van der Waals surface area (Å²) in [5.74, 6) is -0.454. The third kappa shape index (κ3) is 2.93. The molecule has 0 aliphatic carbocycles. The van der Waals surface area contributed by atoms with Crippen molar-refractivity contribution in [1.29, 1.82) is 0 Å². The molecule has 1 aliphatic heterocycles. The summed E-state index contributed by atoms with van der Waals surface area (Å²) >= 11 is 0. The zero-order chi connectivity index (χ0) is 17.5. The first-order valence-corrected chi connectivity index (χ1v) is 7.82. The van der Waals surface area contributed by atoms with Gasteiger partial charge < -0.3 is 14.5 Å². The Morgan fingerprint density at radius 3 is 2.79 bits per heavy atom. The van der Waals surface area contributed by atoms with Gasteiger partial charge in [-0.15, -0.1) is 0 Å². The molecule has 7 heteroatoms. The number of nitrogens with one attached hydrogen (secondary N) is 1. The highest BCUT2D eigenvalue weighted by Crippen LogP contribution is 2.30. The van der Waals surface area contributed by atoms with E-state index in [1.54, 1.807) is 27.0 Å². The Bertz CT molecular complexity index is 791. The summed E-state index contributed by atoms with van der Waals surface area (Å²) in [6.07, 6.45) is 1.54. The third-order valence-corrected chi connectivity index (χ3v) is 3.97. The van der Waals surface area contributed by atoms with E-state index in [1.165, 1.54) is 12.0 Å². The van der Waals surface area contributed by atoms with Gasteiger partial charge in [0.2, 0.25) is 0 Å². The molecule has 0 bridgehead atoms. The number of aromatic amines is 1. The summed E-state index contributed by atoms with van der Waals surface area (Å²) < 4.78 is 10.3. The van der Waals surface area contributed by atoms with Crippen LogP contribution in [0, 0.1) is 0 Å². The second-order valence-corrected chi connectivity index (χ2v) is 6.83. The van der Waals surface area contributed by atoms with E-state index < -0.39 is 23.7 Å². The van der Waals surface area contributed by atoms with E-state index in [1.807, 2.05) is 12.1 Å². The van der Waals surface area contributed by atoms with Gasteiger partial charge in [-0.1, -0.05) is 0 Å². The Kier molecular flexibility index (Phi) is 3.95. The highest BCUT2D eigenvalue weighted by atomic mass is 16.6. The van der Waals surface area contributed by atoms with Gasteiger partial charge in [-0.3, -0.25) is 4.90 Å². The van der Waals surface area contributed by atoms with E-state index in [9.17, 15) is 9.59 Å². The molecule has 0 radical (unpaired) electrons. The van der Waals surface area contributed by atoms with Crippen LogP contribution >= 0.6 is 0 Å². The molecule has 0 saturated heterocycles. The van der Waals surface area contributed by atoms with Crippen molar-refractivity contribution in [1.82, 2.24) is 14.9 Å². The van der Waals surface area contributed by atoms with Gasteiger partial charge in [0.1, 0.15) is 17.3 Å². The molecule has 0 saturated carbocycles. The number of methoxy groups -OCH3 is 1. The monoisotopic (exact) mass is 331 g/mol. The number of ether oxygens (including phenoxy) is 2. The fourth-order valence-corrected chi connectivity index (χ4v) is 2.94. The first kappa shape index (κ1) is 16.3. The highest BCUT2D eigenvalue weighted by Gasteiger charge is 2.39. The van der Waals surface area contributed by atoms with Gasteiger partial charge in [-0.05, 0) is 38.5 Å². The Hall–Kier alpha value is -2.57. The van der Waals surface area contributed by atoms with Crippen LogP contribution in [0.1, 0.15) is 32.0 Å². The molecule has 0 aromatic carbocycles. The Balaban J connectivity index is 1.99. The molecule has 2 aromatic heterocycles. The number of hydrogen-bond donors (Lipinski definition) is 1. The number of carbonyl (C=O) groups is 2. The van der Waals surface area contributed by atoms with E-state index in [2.05, 4.69) is 9.97 Å². The molecule has 3 heterocycles. The first-order valence-electron chi connectivity index (χ1n) is 7.82. The topological polar surface area (TPSA) is 84.5 Å². The quantitative estimate of drug-likeness (QED) is 0.811. The summed E-state index contributed by atoms with van der Waals surface area (Å²) in [5, 5.41) is 0.963. The predicted octanol–water partition coefficient (Wildman–Crippen LogP) is 2.40. The second kappa shape index (κ2) is 5.81. The number of pyridine rings is 1. The van der Waals surface area contributed by atoms with Crippen LogP contribution in [0.3, 0.4) is 0 Å². The minimum Gasteiger partial charge on any atom is -0.467 e. The van der Waals surface area contributed by atoms with Crippen LogP contribution < -0.4 is 0 Å². The fraction of sp³-hybridized carbons (Fsp3) is 0.471. The molecule has 1 amide bonds. The molecule has 1 atom stereocenters. The standard InChI is InChI=1S/C17H21N3O4/c1-17(2,3)24-16(22)20-9-12-11(8-13(20)15(21)23-4)10-6-5-7-18-14(10)19-12/h5-7,13H,8-9H2,1-4H3,(H,18,19). The van der Waals surface area contributed by atoms with Crippen molar-refractivity contribution in [2.24, 2.45) is 0 Å². The maximum absolute atomic E-state index is 12.5. The molecule has 1 N–H and O–H groups in total. The number of fused-ring (bicyclic) bond motifs is 3. The molecule has 24 heavy (non-hydrogen) atoms. The lowest BCUT2D eigenvalue weighted by Crippen LogP contribution is -2.50. The van der Waals surface area contributed by atoms with E-state index >= 15 is 0 Å². The summed E-state index contributed by atoms with van der Waals surface area (Å²) in [7, 11) is 1.32. The third-order valence-electron chi connectivity index (χ3n) is 3.97. The number of nitrogens with zero attached hydrogens (tertiary/aromatic N) is 2. The minimum atomic E-state index is -0.712. The molecule has 7 nitrogen and oxygen atoms in total. The molecule has 0 spiro atoms. The molecular formula is C17H21N3O4. The van der Waals surface area contributed by atoms with Gasteiger partial charge in [-0.2, -0.15) is 0 Å². The maximum atomic E-state index is 12.5. The normalized spacial score (nSPS) is 17.5. The van der Waals surface area contributed by atoms with Crippen LogP contribution in [0.15, 0.2) is 18.3 Å². The molecule has 1 aliphatic rings. The first-order chi connectivity index (χ1) is 11.3. The molecule has 0 fully saturated rings. The minimum absolute atomic E-state index is 0.250. The van der Waals surface area contributed by atoms with Crippen molar-refractivity contribution in [2.75, 3.05) is 7.11 Å². The van der Waals surface area contributed by atoms with Gasteiger partial charge >= 0.3 is 12.1 Å². The van der Waals surface area contributed by atoms with Crippen molar-refractivity contribution >= 4 is 23.1 Å². The van der Waals surface area contributed by atoms with Gasteiger partial charge in [0.15, 0.2) is 0 Å². The van der Waals surface area contributed by atoms with Gasteiger partial charge in [0.25, 0.3) is 0 Å². The van der Waals surface area contributed by atoms with E-state index in [4.69, 9.17) is 9.47 Å². The van der Waals surface area contributed by atoms with Crippen molar-refractivity contribution in [3.8, 4) is 0 Å². The summed E-state index contributed by atoms with van der Waals surface area (Å²) in [6, 6.07) is 3.09. The summed E-state index contributed by atoms with van der Waals surface area (Å²) in [6.45, 7) is 5.63. The fourth-order valence-electron chi connectivity index (χ4n) is 2.94. The molecule has 3 rings (SSSR count). The van der Waals surface area contributed by atoms with Crippen molar-refractivity contribution < 1.29 is 19.1 Å². The van der Waals surface area contributed by atoms with E-state index in [-0.39, 0.29) is 6.54 Å². The van der Waals surface area contributed by atoms with Crippen LogP contribution in [-0.4, -0.2) is 45.7 Å². The van der Waals surface area contributed by atoms with Crippen LogP contribution in [0.2, 0.25) is 0 Å². The maximum Gasteiger partial charge on any atom is 0.411 e. The number of amides is 1. The highest BCUT2D eigenvalue weighted by molar-refractivity contribution is 5.87. The van der Waals surface area contributed by atoms with Crippen molar-refractivity contribution in [2.45, 2.75) is 45.4 Å². The number of esters is 1. The lowest BCUT2D eigenvalue weighted by Gasteiger charge is -2.35. The zero-order valence-electron chi connectivity index (χ0n) is 14.3. The average Bonchev–Trinajstić information content (AvgIpc) is 2.89. The van der Waals surface area contributed by atoms with Crippen molar-refractivity contribution in [3.63, 3.8) is 0 Å². The van der Waals surface area contributed by atoms with Crippen LogP contribution in [0.25, 0.3) is 11.0 Å². The molecule has 2 aromatic rings. The second-order valence-electron chi connectivity index (χ2n) is 6.83. The number of aromatic nitrogens is 2. The zero-order valence-corrected chi connectivity index (χ0v) is 14.3. The number of rotatable bonds is 1. The lowest BCUT2D eigenvalue weighted by atomic mass is 9.97. The lowest BCUT2D eigenvalue weighted by molar-refractivity contribution is -0.147. The number of carbonyl (C=O) groups excluding carboxylic acids is 2. The van der Waals surface area contributed by atoms with Crippen LogP contribution in [0.4, 0.5) is 4.79 Å². The summed E-state index contributed by atoms with van der Waals surface area (Å²) in [4.78, 5) is 33.7. The van der Waals surface area contributed by atoms with Gasteiger partial charge in [-0.25, -0.2) is 14.6 Å². The number of H-pyrrole nitrogens is 1. The Morgan fingerprint density at radius 2 is 2.12 bits per heavy atom. The molecule has 128 valence electrons. The van der Waals surface area contributed by atoms with Gasteiger partial charge in [0, 0.05) is 23.7 Å². The average molecular weight is 331 g/mol. The number of hydrogen-bond acceptors (Lipinski definition) is 5. The molecular weight excluding hydrogens is 310 g/mol. The van der Waals surface area contributed by atoms with E-state index in [0.717, 1.165) is 22.3 Å². The van der Waals surface area contributed by atoms with Crippen molar-refractivity contribution in [3.05, 3.63) is 29.6 Å². The van der Waals surface area contributed by atoms with Crippen LogP contribution in [0.5, 0.6) is 0 Å². The SMILES string of the molecule is COC(=O)C1Cc2c([nH]c3ncccc23)CN1C(=O)OC(C)(C)C. The molecule has 1 unspecified atom stereocenters. The largest absolute Gasteiger partial charge is 0.467 e. The smallest absolute Gasteiger partial charge is 0.411 e. The Labute approximate surface area is 139 Å². The van der Waals surface area contributed by atoms with Crippen LogP contribution in [-0.2, 0) is 27.2 Å². The van der Waals surface area contributed by atoms with E-state index in [0.29, 0.717) is 6.42 Å². The van der Waals surface area contributed by atoms with Gasteiger partial charge in [0.05, 0.1) is 13.7 Å². The summed E-state index contributed by atoms with van der Waals surface area (Å²) in [5.41, 5.74) is 1.97. The predicted molar refractivity (Wildman–Crippen MR) is 87.4 cm³/mol.